The summed E-state index contributed by atoms with van der Waals surface area (Å²) in [5.41, 5.74) is 5.30. The van der Waals surface area contributed by atoms with Crippen molar-refractivity contribution in [2.45, 2.75) is 32.2 Å². The zero-order chi connectivity index (χ0) is 13.4. The summed E-state index contributed by atoms with van der Waals surface area (Å²) in [5.74, 6) is 6.52. The van der Waals surface area contributed by atoms with Gasteiger partial charge < -0.3 is 9.47 Å². The van der Waals surface area contributed by atoms with Crippen molar-refractivity contribution in [3.63, 3.8) is 0 Å². The van der Waals surface area contributed by atoms with E-state index in [0.29, 0.717) is 0 Å². The minimum atomic E-state index is 0.246. The molecule has 1 aromatic carbocycles. The largest absolute Gasteiger partial charge is 0.496 e. The predicted octanol–water partition coefficient (Wildman–Crippen LogP) is 1.80. The number of hydrogen-bond donors (Lipinski definition) is 2. The number of aryl methyl sites for hydroxylation is 1. The average molecular weight is 252 g/mol. The van der Waals surface area contributed by atoms with Gasteiger partial charge in [0.15, 0.2) is 0 Å². The maximum absolute atomic E-state index is 5.60. The van der Waals surface area contributed by atoms with E-state index >= 15 is 0 Å². The summed E-state index contributed by atoms with van der Waals surface area (Å²) in [6.07, 6.45) is 2.85. The van der Waals surface area contributed by atoms with E-state index in [4.69, 9.17) is 15.3 Å². The van der Waals surface area contributed by atoms with E-state index in [9.17, 15) is 0 Å². The Labute approximate surface area is 109 Å². The number of benzene rings is 1. The van der Waals surface area contributed by atoms with Gasteiger partial charge in [0.25, 0.3) is 0 Å². The molecule has 0 amide bonds. The van der Waals surface area contributed by atoms with Crippen LogP contribution in [0.3, 0.4) is 0 Å². The minimum absolute atomic E-state index is 0.246. The Bertz CT molecular complexity index is 356. The lowest BCUT2D eigenvalue weighted by molar-refractivity contribution is 0.188. The molecule has 3 N–H and O–H groups in total. The van der Waals surface area contributed by atoms with Gasteiger partial charge in [0.2, 0.25) is 0 Å². The van der Waals surface area contributed by atoms with E-state index in [0.717, 1.165) is 31.6 Å². The van der Waals surface area contributed by atoms with Gasteiger partial charge in [0.1, 0.15) is 5.75 Å². The molecule has 0 fully saturated rings. The number of methoxy groups -OCH3 is 2. The molecule has 0 aliphatic rings. The van der Waals surface area contributed by atoms with E-state index in [2.05, 4.69) is 24.5 Å². The molecule has 1 aromatic rings. The topological polar surface area (TPSA) is 56.5 Å². The predicted molar refractivity (Wildman–Crippen MR) is 73.7 cm³/mol. The summed E-state index contributed by atoms with van der Waals surface area (Å²) < 4.78 is 10.4. The van der Waals surface area contributed by atoms with Crippen molar-refractivity contribution in [2.75, 3.05) is 20.8 Å². The quantitative estimate of drug-likeness (QED) is 0.421. The number of nitrogens with two attached hydrogens (primary N) is 1. The van der Waals surface area contributed by atoms with Gasteiger partial charge in [-0.25, -0.2) is 0 Å². The summed E-state index contributed by atoms with van der Waals surface area (Å²) in [5, 5.41) is 0. The van der Waals surface area contributed by atoms with Crippen molar-refractivity contribution in [1.82, 2.24) is 5.43 Å². The second-order valence-corrected chi connectivity index (χ2v) is 4.52. The van der Waals surface area contributed by atoms with Gasteiger partial charge in [0, 0.05) is 19.8 Å². The Kier molecular flexibility index (Phi) is 6.72. The highest BCUT2D eigenvalue weighted by Crippen LogP contribution is 2.21. The summed E-state index contributed by atoms with van der Waals surface area (Å²) >= 11 is 0. The zero-order valence-electron chi connectivity index (χ0n) is 11.5. The third-order valence-corrected chi connectivity index (χ3v) is 3.04. The highest BCUT2D eigenvalue weighted by molar-refractivity contribution is 5.37. The van der Waals surface area contributed by atoms with Gasteiger partial charge in [-0.2, -0.15) is 0 Å². The van der Waals surface area contributed by atoms with E-state index in [1.807, 2.05) is 6.07 Å². The van der Waals surface area contributed by atoms with Gasteiger partial charge in [-0.05, 0) is 37.8 Å². The third-order valence-electron chi connectivity index (χ3n) is 3.04. The fourth-order valence-corrected chi connectivity index (χ4v) is 2.05. The number of hydrazine groups is 1. The minimum Gasteiger partial charge on any atom is -0.496 e. The van der Waals surface area contributed by atoms with Crippen molar-refractivity contribution >= 4 is 0 Å². The first-order valence-corrected chi connectivity index (χ1v) is 6.29. The Morgan fingerprint density at radius 3 is 2.72 bits per heavy atom. The van der Waals surface area contributed by atoms with Gasteiger partial charge in [-0.3, -0.25) is 11.3 Å². The molecule has 102 valence electrons. The van der Waals surface area contributed by atoms with Crippen molar-refractivity contribution in [3.8, 4) is 5.75 Å². The van der Waals surface area contributed by atoms with Crippen molar-refractivity contribution < 1.29 is 9.47 Å². The molecule has 0 radical (unpaired) electrons. The molecular weight excluding hydrogens is 228 g/mol. The van der Waals surface area contributed by atoms with Crippen LogP contribution in [0.4, 0.5) is 0 Å². The first-order chi connectivity index (χ1) is 8.71. The Morgan fingerprint density at radius 2 is 2.11 bits per heavy atom. The summed E-state index contributed by atoms with van der Waals surface area (Å²) in [7, 11) is 3.42. The molecule has 0 saturated carbocycles. The first-order valence-electron chi connectivity index (χ1n) is 6.29. The number of hydrogen-bond acceptors (Lipinski definition) is 4. The Morgan fingerprint density at radius 1 is 1.33 bits per heavy atom. The second-order valence-electron chi connectivity index (χ2n) is 4.52. The van der Waals surface area contributed by atoms with Gasteiger partial charge in [0.05, 0.1) is 7.11 Å². The van der Waals surface area contributed by atoms with Gasteiger partial charge in [-0.1, -0.05) is 17.7 Å². The molecule has 0 aliphatic heterocycles. The highest BCUT2D eigenvalue weighted by Gasteiger charge is 2.11. The maximum atomic E-state index is 5.60. The lowest BCUT2D eigenvalue weighted by Crippen LogP contribution is -2.37. The fourth-order valence-electron chi connectivity index (χ4n) is 2.05. The van der Waals surface area contributed by atoms with Crippen LogP contribution in [-0.4, -0.2) is 26.9 Å². The van der Waals surface area contributed by atoms with Crippen LogP contribution < -0.4 is 16.0 Å². The second kappa shape index (κ2) is 8.08. The van der Waals surface area contributed by atoms with Crippen LogP contribution in [0.1, 0.15) is 24.0 Å². The van der Waals surface area contributed by atoms with Gasteiger partial charge >= 0.3 is 0 Å². The maximum Gasteiger partial charge on any atom is 0.122 e. The third kappa shape index (κ3) is 4.64. The van der Waals surface area contributed by atoms with Crippen LogP contribution in [0.15, 0.2) is 18.2 Å². The van der Waals surface area contributed by atoms with E-state index in [1.165, 1.54) is 11.1 Å². The summed E-state index contributed by atoms with van der Waals surface area (Å²) in [4.78, 5) is 0. The smallest absolute Gasteiger partial charge is 0.122 e. The molecule has 0 saturated heterocycles. The first kappa shape index (κ1) is 15.0. The monoisotopic (exact) mass is 252 g/mol. The van der Waals surface area contributed by atoms with Crippen LogP contribution >= 0.6 is 0 Å². The van der Waals surface area contributed by atoms with Crippen LogP contribution in [0.2, 0.25) is 0 Å². The summed E-state index contributed by atoms with van der Waals surface area (Å²) in [6.45, 7) is 2.85. The Balaban J connectivity index is 2.65. The number of nitrogens with one attached hydrogen (secondary N) is 1. The normalized spacial score (nSPS) is 12.4. The SMILES string of the molecule is COCCCC(Cc1cc(C)ccc1OC)NN. The molecule has 0 aromatic heterocycles. The van der Waals surface area contributed by atoms with Crippen LogP contribution in [0.5, 0.6) is 5.75 Å². The molecule has 4 nitrogen and oxygen atoms in total. The molecule has 0 spiro atoms. The molecule has 4 heteroatoms. The molecule has 1 rings (SSSR count). The standard InChI is InChI=1S/C14H24N2O2/c1-11-6-7-14(18-3)12(9-11)10-13(16-15)5-4-8-17-2/h6-7,9,13,16H,4-5,8,10,15H2,1-3H3. The highest BCUT2D eigenvalue weighted by atomic mass is 16.5. The average Bonchev–Trinajstić information content (AvgIpc) is 2.38. The van der Waals surface area contributed by atoms with Crippen molar-refractivity contribution in [1.29, 1.82) is 0 Å². The fraction of sp³-hybridized carbons (Fsp3) is 0.571. The van der Waals surface area contributed by atoms with Gasteiger partial charge in [-0.15, -0.1) is 0 Å². The van der Waals surface area contributed by atoms with Crippen LogP contribution in [0, 0.1) is 6.92 Å². The lowest BCUT2D eigenvalue weighted by Gasteiger charge is -2.18. The van der Waals surface area contributed by atoms with E-state index in [1.54, 1.807) is 14.2 Å². The zero-order valence-corrected chi connectivity index (χ0v) is 11.5. The molecule has 18 heavy (non-hydrogen) atoms. The molecule has 0 bridgehead atoms. The number of rotatable bonds is 8. The lowest BCUT2D eigenvalue weighted by atomic mass is 10.00. The van der Waals surface area contributed by atoms with Crippen LogP contribution in [-0.2, 0) is 11.2 Å². The molecule has 1 unspecified atom stereocenters. The molecule has 0 heterocycles. The summed E-state index contributed by atoms with van der Waals surface area (Å²) in [6, 6.07) is 6.46. The van der Waals surface area contributed by atoms with Crippen molar-refractivity contribution in [2.24, 2.45) is 5.84 Å². The van der Waals surface area contributed by atoms with Crippen LogP contribution in [0.25, 0.3) is 0 Å². The van der Waals surface area contributed by atoms with E-state index in [-0.39, 0.29) is 6.04 Å². The van der Waals surface area contributed by atoms with E-state index < -0.39 is 0 Å². The Hall–Kier alpha value is -1.10. The number of ether oxygens (including phenoxy) is 2. The molecule has 1 atom stereocenters. The molecular formula is C14H24N2O2. The van der Waals surface area contributed by atoms with Crippen molar-refractivity contribution in [3.05, 3.63) is 29.3 Å². The molecule has 0 aliphatic carbocycles.